The molecular weight excluding hydrogens is 308 g/mol. The lowest BCUT2D eigenvalue weighted by Crippen LogP contribution is -2.20. The Morgan fingerprint density at radius 2 is 1.78 bits per heavy atom. The van der Waals surface area contributed by atoms with E-state index in [1.165, 1.54) is 0 Å². The average Bonchev–Trinajstić information content (AvgIpc) is 3.00. The van der Waals surface area contributed by atoms with Gasteiger partial charge >= 0.3 is 0 Å². The molecule has 2 aromatic rings. The van der Waals surface area contributed by atoms with Crippen molar-refractivity contribution in [1.82, 2.24) is 0 Å². The second-order valence-corrected chi connectivity index (χ2v) is 6.49. The van der Waals surface area contributed by atoms with Crippen LogP contribution in [0.15, 0.2) is 54.6 Å². The molecule has 0 N–H and O–H groups in total. The molecule has 3 heteroatoms. The Morgan fingerprint density at radius 1 is 1.09 bits per heavy atom. The van der Waals surface area contributed by atoms with Gasteiger partial charge in [-0.25, -0.2) is 0 Å². The quantitative estimate of drug-likeness (QED) is 0.719. The summed E-state index contributed by atoms with van der Waals surface area (Å²) >= 11 is 6.35. The van der Waals surface area contributed by atoms with Crippen LogP contribution in [-0.2, 0) is 4.79 Å². The lowest BCUT2D eigenvalue weighted by atomic mass is 9.80. The molecule has 0 spiro atoms. The Hall–Kier alpha value is -1.93. The molecule has 0 aromatic heterocycles. The molecule has 0 amide bonds. The smallest absolute Gasteiger partial charge is 0.163 e. The molecule has 0 bridgehead atoms. The number of hydrogen-bond donors (Lipinski definition) is 0. The normalized spacial score (nSPS) is 18.8. The lowest BCUT2D eigenvalue weighted by Gasteiger charge is -2.23. The maximum absolute atomic E-state index is 12.6. The number of benzene rings is 2. The summed E-state index contributed by atoms with van der Waals surface area (Å²) in [6, 6.07) is 16.8. The molecule has 0 saturated heterocycles. The fourth-order valence-corrected chi connectivity index (χ4v) is 3.73. The predicted octanol–water partition coefficient (Wildman–Crippen LogP) is 5.07. The van der Waals surface area contributed by atoms with Crippen molar-refractivity contribution in [1.29, 1.82) is 0 Å². The van der Waals surface area contributed by atoms with Gasteiger partial charge < -0.3 is 0 Å². The number of ketones is 2. The van der Waals surface area contributed by atoms with Crippen molar-refractivity contribution in [3.63, 3.8) is 0 Å². The molecule has 3 rings (SSSR count). The molecule has 0 heterocycles. The van der Waals surface area contributed by atoms with Crippen LogP contribution in [0.3, 0.4) is 0 Å². The van der Waals surface area contributed by atoms with Gasteiger partial charge in [0.15, 0.2) is 5.78 Å². The standard InChI is InChI=1S/C20H19ClO2/c21-18-11-5-4-9-15(18)17(16-10-6-12-19(16)22)13-20(23)14-7-2-1-3-8-14/h1-5,7-9,11,16-17H,6,10,12-13H2/t16-,17+/m0/s1. The molecule has 1 aliphatic carbocycles. The molecule has 0 radical (unpaired) electrons. The highest BCUT2D eigenvalue weighted by Gasteiger charge is 2.35. The first-order valence-electron chi connectivity index (χ1n) is 8.02. The van der Waals surface area contributed by atoms with E-state index in [-0.39, 0.29) is 23.4 Å². The Bertz CT molecular complexity index is 709. The van der Waals surface area contributed by atoms with Crippen molar-refractivity contribution in [3.05, 3.63) is 70.7 Å². The Kier molecular flexibility index (Phi) is 4.92. The van der Waals surface area contributed by atoms with Crippen LogP contribution < -0.4 is 0 Å². The topological polar surface area (TPSA) is 34.1 Å². The van der Waals surface area contributed by atoms with Gasteiger partial charge in [0.25, 0.3) is 0 Å². The molecule has 0 unspecified atom stereocenters. The highest BCUT2D eigenvalue weighted by molar-refractivity contribution is 6.31. The van der Waals surface area contributed by atoms with Gasteiger partial charge in [0.05, 0.1) is 0 Å². The van der Waals surface area contributed by atoms with Crippen molar-refractivity contribution in [3.8, 4) is 0 Å². The van der Waals surface area contributed by atoms with E-state index in [1.807, 2.05) is 54.6 Å². The molecule has 2 nitrogen and oxygen atoms in total. The molecule has 1 saturated carbocycles. The molecule has 118 valence electrons. The van der Waals surface area contributed by atoms with Gasteiger partial charge in [0, 0.05) is 35.3 Å². The predicted molar refractivity (Wildman–Crippen MR) is 91.9 cm³/mol. The molecule has 2 atom stereocenters. The van der Waals surface area contributed by atoms with E-state index in [9.17, 15) is 9.59 Å². The zero-order valence-electron chi connectivity index (χ0n) is 12.9. The Morgan fingerprint density at radius 3 is 2.43 bits per heavy atom. The van der Waals surface area contributed by atoms with E-state index < -0.39 is 0 Å². The van der Waals surface area contributed by atoms with Crippen molar-refractivity contribution >= 4 is 23.2 Å². The van der Waals surface area contributed by atoms with Crippen molar-refractivity contribution < 1.29 is 9.59 Å². The number of hydrogen-bond acceptors (Lipinski definition) is 2. The molecule has 23 heavy (non-hydrogen) atoms. The van der Waals surface area contributed by atoms with Crippen molar-refractivity contribution in [2.75, 3.05) is 0 Å². The molecule has 2 aromatic carbocycles. The summed E-state index contributed by atoms with van der Waals surface area (Å²) in [7, 11) is 0. The molecule has 0 aliphatic heterocycles. The third kappa shape index (κ3) is 3.53. The third-order valence-electron chi connectivity index (χ3n) is 4.64. The van der Waals surface area contributed by atoms with Gasteiger partial charge in [-0.1, -0.05) is 60.1 Å². The van der Waals surface area contributed by atoms with Gasteiger partial charge in [-0.3, -0.25) is 9.59 Å². The number of carbonyl (C=O) groups excluding carboxylic acids is 2. The first kappa shape index (κ1) is 15.9. The number of Topliss-reactive ketones (excluding diaryl/α,β-unsaturated/α-hetero) is 2. The summed E-state index contributed by atoms with van der Waals surface area (Å²) < 4.78 is 0. The zero-order chi connectivity index (χ0) is 16.2. The van der Waals surface area contributed by atoms with Crippen LogP contribution in [0.5, 0.6) is 0 Å². The lowest BCUT2D eigenvalue weighted by molar-refractivity contribution is -0.121. The second kappa shape index (κ2) is 7.10. The first-order valence-corrected chi connectivity index (χ1v) is 8.40. The minimum Gasteiger partial charge on any atom is -0.299 e. The van der Waals surface area contributed by atoms with E-state index in [0.29, 0.717) is 23.4 Å². The van der Waals surface area contributed by atoms with Crippen molar-refractivity contribution in [2.45, 2.75) is 31.6 Å². The van der Waals surface area contributed by atoms with Gasteiger partial charge in [0.1, 0.15) is 5.78 Å². The highest BCUT2D eigenvalue weighted by atomic mass is 35.5. The van der Waals surface area contributed by atoms with E-state index in [0.717, 1.165) is 18.4 Å². The first-order chi connectivity index (χ1) is 11.2. The second-order valence-electron chi connectivity index (χ2n) is 6.09. The number of halogens is 1. The third-order valence-corrected chi connectivity index (χ3v) is 4.99. The van der Waals surface area contributed by atoms with Crippen LogP contribution in [0.4, 0.5) is 0 Å². The maximum Gasteiger partial charge on any atom is 0.163 e. The Balaban J connectivity index is 1.91. The van der Waals surface area contributed by atoms with E-state index in [2.05, 4.69) is 0 Å². The van der Waals surface area contributed by atoms with Gasteiger partial charge in [0.2, 0.25) is 0 Å². The molecule has 1 fully saturated rings. The van der Waals surface area contributed by atoms with Crippen molar-refractivity contribution in [2.24, 2.45) is 5.92 Å². The van der Waals surface area contributed by atoms with Crippen LogP contribution in [0, 0.1) is 5.92 Å². The summed E-state index contributed by atoms with van der Waals surface area (Å²) in [6.45, 7) is 0. The summed E-state index contributed by atoms with van der Waals surface area (Å²) in [4.78, 5) is 24.9. The average molecular weight is 327 g/mol. The summed E-state index contributed by atoms with van der Waals surface area (Å²) in [5, 5.41) is 0.637. The summed E-state index contributed by atoms with van der Waals surface area (Å²) in [5.74, 6) is 0.0972. The monoisotopic (exact) mass is 326 g/mol. The molecule has 1 aliphatic rings. The van der Waals surface area contributed by atoms with E-state index in [1.54, 1.807) is 0 Å². The van der Waals surface area contributed by atoms with Gasteiger partial charge in [-0.2, -0.15) is 0 Å². The van der Waals surface area contributed by atoms with Crippen LogP contribution in [0.2, 0.25) is 5.02 Å². The van der Waals surface area contributed by atoms with Crippen LogP contribution in [0.25, 0.3) is 0 Å². The van der Waals surface area contributed by atoms with Gasteiger partial charge in [-0.05, 0) is 24.5 Å². The zero-order valence-corrected chi connectivity index (χ0v) is 13.6. The molecular formula is C20H19ClO2. The van der Waals surface area contributed by atoms with Crippen LogP contribution in [-0.4, -0.2) is 11.6 Å². The fourth-order valence-electron chi connectivity index (χ4n) is 3.45. The number of carbonyl (C=O) groups is 2. The van der Waals surface area contributed by atoms with Crippen LogP contribution >= 0.6 is 11.6 Å². The van der Waals surface area contributed by atoms with E-state index >= 15 is 0 Å². The van der Waals surface area contributed by atoms with Gasteiger partial charge in [-0.15, -0.1) is 0 Å². The number of rotatable bonds is 5. The van der Waals surface area contributed by atoms with Crippen LogP contribution in [0.1, 0.15) is 47.5 Å². The summed E-state index contributed by atoms with van der Waals surface area (Å²) in [5.41, 5.74) is 1.61. The summed E-state index contributed by atoms with van der Waals surface area (Å²) in [6.07, 6.45) is 2.69. The largest absolute Gasteiger partial charge is 0.299 e. The minimum atomic E-state index is -0.133. The van der Waals surface area contributed by atoms with E-state index in [4.69, 9.17) is 11.6 Å². The SMILES string of the molecule is O=C(C[C@H](c1ccccc1Cl)[C@@H]1CCCC1=O)c1ccccc1. The Labute approximate surface area is 141 Å². The highest BCUT2D eigenvalue weighted by Crippen LogP contribution is 2.40. The fraction of sp³-hybridized carbons (Fsp3) is 0.300. The minimum absolute atomic E-state index is 0.0650. The maximum atomic E-state index is 12.6.